The van der Waals surface area contributed by atoms with Gasteiger partial charge in [-0.15, -0.1) is 11.3 Å². The number of piperidine rings is 1. The van der Waals surface area contributed by atoms with Crippen LogP contribution in [0.15, 0.2) is 52.2 Å². The summed E-state index contributed by atoms with van der Waals surface area (Å²) < 4.78 is 2.48. The van der Waals surface area contributed by atoms with Gasteiger partial charge in [-0.2, -0.15) is 0 Å². The fourth-order valence-corrected chi connectivity index (χ4v) is 5.97. The third-order valence-electron chi connectivity index (χ3n) is 7.21. The number of amides is 1. The number of aromatic nitrogens is 2. The van der Waals surface area contributed by atoms with Crippen molar-refractivity contribution in [3.8, 4) is 0 Å². The minimum absolute atomic E-state index is 0.00657. The first-order valence-electron chi connectivity index (χ1n) is 12.8. The molecule has 0 radical (unpaired) electrons. The van der Waals surface area contributed by atoms with Gasteiger partial charge in [0, 0.05) is 19.6 Å². The van der Waals surface area contributed by atoms with Crippen molar-refractivity contribution < 1.29 is 4.79 Å². The fourth-order valence-electron chi connectivity index (χ4n) is 5.19. The van der Waals surface area contributed by atoms with Gasteiger partial charge in [-0.25, -0.2) is 4.98 Å². The summed E-state index contributed by atoms with van der Waals surface area (Å²) in [5.41, 5.74) is 4.48. The van der Waals surface area contributed by atoms with E-state index in [1.165, 1.54) is 48.2 Å². The highest BCUT2D eigenvalue weighted by molar-refractivity contribution is 7.17. The van der Waals surface area contributed by atoms with Crippen LogP contribution in [0.2, 0.25) is 0 Å². The number of benzene rings is 1. The van der Waals surface area contributed by atoms with E-state index in [1.54, 1.807) is 4.57 Å². The number of thiophene rings is 1. The molecule has 7 heteroatoms. The molecule has 1 fully saturated rings. The number of allylic oxidation sites excluding steroid dienone is 1. The second-order valence-electron chi connectivity index (χ2n) is 9.86. The highest BCUT2D eigenvalue weighted by Gasteiger charge is 2.28. The van der Waals surface area contributed by atoms with Gasteiger partial charge >= 0.3 is 0 Å². The van der Waals surface area contributed by atoms with Crippen molar-refractivity contribution in [3.05, 3.63) is 68.8 Å². The number of rotatable bonds is 7. The minimum Gasteiger partial charge on any atom is -0.355 e. The number of hydrogen-bond donors (Lipinski definition) is 1. The number of aryl methyl sites for hydroxylation is 1. The molecular formula is C28H34N4O2S. The van der Waals surface area contributed by atoms with Crippen LogP contribution in [-0.2, 0) is 11.3 Å². The molecule has 1 atom stereocenters. The molecule has 1 N–H and O–H groups in total. The molecule has 2 aromatic heterocycles. The van der Waals surface area contributed by atoms with Crippen LogP contribution in [0.3, 0.4) is 0 Å². The summed E-state index contributed by atoms with van der Waals surface area (Å²) in [5, 5.41) is 5.10. The number of nitrogens with one attached hydrogen (secondary N) is 1. The molecule has 184 valence electrons. The van der Waals surface area contributed by atoms with Crippen LogP contribution < -0.4 is 15.8 Å². The fraction of sp³-hybridized carbons (Fsp3) is 0.464. The van der Waals surface area contributed by atoms with Gasteiger partial charge in [0.05, 0.1) is 18.0 Å². The predicted octanol–water partition coefficient (Wildman–Crippen LogP) is 5.04. The second kappa shape index (κ2) is 10.8. The summed E-state index contributed by atoms with van der Waals surface area (Å²) in [6.07, 6.45) is 9.97. The first kappa shape index (κ1) is 23.8. The average Bonchev–Trinajstić information content (AvgIpc) is 3.37. The van der Waals surface area contributed by atoms with Gasteiger partial charge in [-0.1, -0.05) is 41.5 Å². The summed E-state index contributed by atoms with van der Waals surface area (Å²) in [6, 6.07) is 10.2. The van der Waals surface area contributed by atoms with E-state index in [0.29, 0.717) is 30.3 Å². The summed E-state index contributed by atoms with van der Waals surface area (Å²) in [6.45, 7) is 4.62. The summed E-state index contributed by atoms with van der Waals surface area (Å²) in [7, 11) is 0. The molecule has 3 aromatic rings. The number of anilines is 1. The molecule has 5 rings (SSSR count). The van der Waals surface area contributed by atoms with E-state index in [0.717, 1.165) is 36.9 Å². The van der Waals surface area contributed by atoms with Crippen molar-refractivity contribution in [2.45, 2.75) is 58.4 Å². The zero-order valence-electron chi connectivity index (χ0n) is 20.5. The Morgan fingerprint density at radius 2 is 2.03 bits per heavy atom. The van der Waals surface area contributed by atoms with Crippen LogP contribution in [-0.4, -0.2) is 35.1 Å². The Labute approximate surface area is 210 Å². The van der Waals surface area contributed by atoms with E-state index in [2.05, 4.69) is 47.5 Å². The minimum atomic E-state index is -0.0908. The molecule has 1 unspecified atom stereocenters. The van der Waals surface area contributed by atoms with E-state index >= 15 is 0 Å². The molecule has 0 saturated carbocycles. The van der Waals surface area contributed by atoms with Crippen molar-refractivity contribution in [2.24, 2.45) is 5.92 Å². The highest BCUT2D eigenvalue weighted by atomic mass is 32.1. The number of nitrogens with zero attached hydrogens (tertiary/aromatic N) is 3. The SMILES string of the molecule is Cc1ccc(Cn2c(N3CCCC(C(=O)NCCC4=CCCCC4)C3)nc3ccsc3c2=O)cc1. The third-order valence-corrected chi connectivity index (χ3v) is 8.10. The predicted molar refractivity (Wildman–Crippen MR) is 143 cm³/mol. The Balaban J connectivity index is 1.34. The normalized spacial score (nSPS) is 18.5. The molecule has 35 heavy (non-hydrogen) atoms. The Hall–Kier alpha value is -2.93. The van der Waals surface area contributed by atoms with Crippen molar-refractivity contribution in [1.29, 1.82) is 0 Å². The summed E-state index contributed by atoms with van der Waals surface area (Å²) in [5.74, 6) is 0.702. The molecule has 6 nitrogen and oxygen atoms in total. The number of carbonyl (C=O) groups is 1. The van der Waals surface area contributed by atoms with Crippen LogP contribution in [0.1, 0.15) is 56.1 Å². The molecule has 1 aromatic carbocycles. The molecule has 1 amide bonds. The van der Waals surface area contributed by atoms with Gasteiger partial charge in [0.25, 0.3) is 5.56 Å². The maximum atomic E-state index is 13.5. The molecule has 3 heterocycles. The number of carbonyl (C=O) groups excluding carboxylic acids is 1. The van der Waals surface area contributed by atoms with E-state index in [9.17, 15) is 9.59 Å². The van der Waals surface area contributed by atoms with E-state index in [1.807, 2.05) is 11.4 Å². The Morgan fingerprint density at radius 1 is 1.17 bits per heavy atom. The molecule has 1 saturated heterocycles. The quantitative estimate of drug-likeness (QED) is 0.471. The maximum absolute atomic E-state index is 13.5. The number of hydrogen-bond acceptors (Lipinski definition) is 5. The van der Waals surface area contributed by atoms with Gasteiger partial charge in [-0.3, -0.25) is 14.2 Å². The lowest BCUT2D eigenvalue weighted by Crippen LogP contribution is -2.45. The molecule has 1 aliphatic carbocycles. The molecule has 1 aliphatic heterocycles. The van der Waals surface area contributed by atoms with Crippen LogP contribution in [0.5, 0.6) is 0 Å². The Kier molecular flexibility index (Phi) is 7.32. The summed E-state index contributed by atoms with van der Waals surface area (Å²) >= 11 is 1.44. The van der Waals surface area contributed by atoms with Crippen molar-refractivity contribution in [2.75, 3.05) is 24.5 Å². The second-order valence-corrected chi connectivity index (χ2v) is 10.8. The largest absolute Gasteiger partial charge is 0.355 e. The maximum Gasteiger partial charge on any atom is 0.273 e. The van der Waals surface area contributed by atoms with Gasteiger partial charge in [0.2, 0.25) is 11.9 Å². The lowest BCUT2D eigenvalue weighted by atomic mass is 9.96. The lowest BCUT2D eigenvalue weighted by Gasteiger charge is -2.34. The first-order chi connectivity index (χ1) is 17.1. The van der Waals surface area contributed by atoms with Crippen LogP contribution in [0, 0.1) is 12.8 Å². The van der Waals surface area contributed by atoms with Crippen molar-refractivity contribution in [3.63, 3.8) is 0 Å². The Bertz CT molecular complexity index is 1270. The van der Waals surface area contributed by atoms with E-state index in [-0.39, 0.29) is 17.4 Å². The van der Waals surface area contributed by atoms with E-state index < -0.39 is 0 Å². The molecule has 0 spiro atoms. The van der Waals surface area contributed by atoms with Crippen molar-refractivity contribution >= 4 is 33.4 Å². The zero-order chi connectivity index (χ0) is 24.2. The smallest absolute Gasteiger partial charge is 0.273 e. The van der Waals surface area contributed by atoms with Crippen molar-refractivity contribution in [1.82, 2.24) is 14.9 Å². The van der Waals surface area contributed by atoms with E-state index in [4.69, 9.17) is 4.98 Å². The van der Waals surface area contributed by atoms with Crippen LogP contribution in [0.4, 0.5) is 5.95 Å². The third kappa shape index (κ3) is 5.50. The zero-order valence-corrected chi connectivity index (χ0v) is 21.3. The highest BCUT2D eigenvalue weighted by Crippen LogP contribution is 2.25. The van der Waals surface area contributed by atoms with Gasteiger partial charge in [-0.05, 0) is 68.9 Å². The first-order valence-corrected chi connectivity index (χ1v) is 13.7. The molecule has 2 aliphatic rings. The molecule has 0 bridgehead atoms. The lowest BCUT2D eigenvalue weighted by molar-refractivity contribution is -0.125. The van der Waals surface area contributed by atoms with Gasteiger partial charge < -0.3 is 10.2 Å². The van der Waals surface area contributed by atoms with Crippen LogP contribution >= 0.6 is 11.3 Å². The van der Waals surface area contributed by atoms with Gasteiger partial charge in [0.1, 0.15) is 4.70 Å². The van der Waals surface area contributed by atoms with Crippen LogP contribution in [0.25, 0.3) is 10.2 Å². The number of fused-ring (bicyclic) bond motifs is 1. The molecular weight excluding hydrogens is 456 g/mol. The Morgan fingerprint density at radius 3 is 2.83 bits per heavy atom. The summed E-state index contributed by atoms with van der Waals surface area (Å²) in [4.78, 5) is 33.5. The topological polar surface area (TPSA) is 67.2 Å². The monoisotopic (exact) mass is 490 g/mol. The van der Waals surface area contributed by atoms with Gasteiger partial charge in [0.15, 0.2) is 0 Å². The standard InChI is InChI=1S/C28H34N4O2S/c1-20-9-11-22(12-10-20)18-32-27(34)25-24(14-17-35-25)30-28(32)31-16-5-8-23(19-31)26(33)29-15-13-21-6-3-2-4-7-21/h6,9-12,14,17,23H,2-5,7-8,13,15-16,18-19H2,1H3,(H,29,33). The average molecular weight is 491 g/mol.